The molecule has 0 radical (unpaired) electrons. The van der Waals surface area contributed by atoms with Gasteiger partial charge in [-0.1, -0.05) is 24.3 Å². The summed E-state index contributed by atoms with van der Waals surface area (Å²) in [4.78, 5) is 28.7. The smallest absolute Gasteiger partial charge is 0.256 e. The standard InChI is InChI=1S/C26H23F2N5O2/c27-19-9-10-20(22(28)15-19)26(35)33-13-11-32(12-14-33)25(34)18-7-5-17(6-8-18)16-29-24-21-3-1-2-4-23(21)30-31-24/h1-10,15H,11-14,16H2,(H2,29,30,31). The number of benzene rings is 3. The second-order valence-corrected chi connectivity index (χ2v) is 8.38. The predicted molar refractivity (Wildman–Crippen MR) is 128 cm³/mol. The molecule has 1 fully saturated rings. The molecule has 7 nitrogen and oxygen atoms in total. The summed E-state index contributed by atoms with van der Waals surface area (Å²) in [5.74, 6) is -1.47. The minimum absolute atomic E-state index is 0.122. The highest BCUT2D eigenvalue weighted by molar-refractivity contribution is 5.96. The van der Waals surface area contributed by atoms with E-state index in [1.807, 2.05) is 36.4 Å². The van der Waals surface area contributed by atoms with Crippen molar-refractivity contribution in [1.82, 2.24) is 20.0 Å². The summed E-state index contributed by atoms with van der Waals surface area (Å²) in [6.07, 6.45) is 0. The fourth-order valence-corrected chi connectivity index (χ4v) is 4.18. The van der Waals surface area contributed by atoms with Gasteiger partial charge in [-0.05, 0) is 42.0 Å². The Morgan fingerprint density at radius 1 is 0.886 bits per heavy atom. The van der Waals surface area contributed by atoms with E-state index in [1.165, 1.54) is 4.90 Å². The van der Waals surface area contributed by atoms with E-state index >= 15 is 0 Å². The largest absolute Gasteiger partial charge is 0.364 e. The predicted octanol–water partition coefficient (Wildman–Crippen LogP) is 4.05. The number of fused-ring (bicyclic) bond motifs is 1. The van der Waals surface area contributed by atoms with Crippen LogP contribution in [0.3, 0.4) is 0 Å². The maximum absolute atomic E-state index is 14.0. The Morgan fingerprint density at radius 2 is 1.57 bits per heavy atom. The van der Waals surface area contributed by atoms with Crippen LogP contribution in [0.15, 0.2) is 66.7 Å². The Morgan fingerprint density at radius 3 is 2.29 bits per heavy atom. The number of H-pyrrole nitrogens is 1. The third-order valence-corrected chi connectivity index (χ3v) is 6.15. The number of aromatic nitrogens is 2. The molecular weight excluding hydrogens is 452 g/mol. The third kappa shape index (κ3) is 4.70. The summed E-state index contributed by atoms with van der Waals surface area (Å²) in [7, 11) is 0. The zero-order valence-corrected chi connectivity index (χ0v) is 18.8. The Hall–Kier alpha value is -4.27. The monoisotopic (exact) mass is 475 g/mol. The van der Waals surface area contributed by atoms with Gasteiger partial charge in [-0.2, -0.15) is 5.10 Å². The molecule has 2 heterocycles. The van der Waals surface area contributed by atoms with Gasteiger partial charge in [0.05, 0.1) is 11.1 Å². The molecule has 0 spiro atoms. The highest BCUT2D eigenvalue weighted by Gasteiger charge is 2.27. The Kier molecular flexibility index (Phi) is 6.13. The first-order valence-corrected chi connectivity index (χ1v) is 11.3. The molecule has 3 aromatic carbocycles. The lowest BCUT2D eigenvalue weighted by Crippen LogP contribution is -2.50. The molecule has 1 aliphatic heterocycles. The van der Waals surface area contributed by atoms with Crippen LogP contribution in [0.1, 0.15) is 26.3 Å². The number of amides is 2. The summed E-state index contributed by atoms with van der Waals surface area (Å²) in [5, 5.41) is 11.6. The topological polar surface area (TPSA) is 81.3 Å². The van der Waals surface area contributed by atoms with Gasteiger partial charge >= 0.3 is 0 Å². The number of anilines is 1. The normalized spacial score (nSPS) is 13.8. The van der Waals surface area contributed by atoms with Crippen LogP contribution < -0.4 is 5.32 Å². The van der Waals surface area contributed by atoms with Crippen LogP contribution in [0.2, 0.25) is 0 Å². The molecule has 35 heavy (non-hydrogen) atoms. The van der Waals surface area contributed by atoms with E-state index in [2.05, 4.69) is 15.5 Å². The molecule has 4 aromatic rings. The van der Waals surface area contributed by atoms with Crippen molar-refractivity contribution in [3.05, 3.63) is 95.1 Å². The Balaban J connectivity index is 1.16. The van der Waals surface area contributed by atoms with E-state index in [1.54, 1.807) is 17.0 Å². The van der Waals surface area contributed by atoms with Crippen molar-refractivity contribution in [3.63, 3.8) is 0 Å². The second-order valence-electron chi connectivity index (χ2n) is 8.38. The van der Waals surface area contributed by atoms with Gasteiger partial charge in [0, 0.05) is 49.7 Å². The van der Waals surface area contributed by atoms with Crippen molar-refractivity contribution in [2.24, 2.45) is 0 Å². The molecule has 2 amide bonds. The maximum Gasteiger partial charge on any atom is 0.256 e. The summed E-state index contributed by atoms with van der Waals surface area (Å²) in [6.45, 7) is 1.79. The van der Waals surface area contributed by atoms with Gasteiger partial charge in [0.25, 0.3) is 11.8 Å². The minimum atomic E-state index is -0.886. The summed E-state index contributed by atoms with van der Waals surface area (Å²) < 4.78 is 27.1. The molecular formula is C26H23F2N5O2. The van der Waals surface area contributed by atoms with Crippen LogP contribution in [-0.2, 0) is 6.54 Å². The van der Waals surface area contributed by atoms with Crippen molar-refractivity contribution in [1.29, 1.82) is 0 Å². The van der Waals surface area contributed by atoms with Crippen LogP contribution in [0.25, 0.3) is 10.9 Å². The molecule has 0 unspecified atom stereocenters. The van der Waals surface area contributed by atoms with E-state index in [4.69, 9.17) is 0 Å². The Labute approximate surface area is 200 Å². The average Bonchev–Trinajstić information content (AvgIpc) is 3.30. The van der Waals surface area contributed by atoms with E-state index in [0.717, 1.165) is 34.4 Å². The van der Waals surface area contributed by atoms with Gasteiger partial charge in [0.2, 0.25) is 0 Å². The number of nitrogens with one attached hydrogen (secondary N) is 2. The quantitative estimate of drug-likeness (QED) is 0.456. The minimum Gasteiger partial charge on any atom is -0.364 e. The van der Waals surface area contributed by atoms with Gasteiger partial charge < -0.3 is 15.1 Å². The van der Waals surface area contributed by atoms with Crippen molar-refractivity contribution in [2.45, 2.75) is 6.54 Å². The molecule has 0 atom stereocenters. The number of hydrogen-bond donors (Lipinski definition) is 2. The van der Waals surface area contributed by atoms with Crippen LogP contribution in [-0.4, -0.2) is 58.0 Å². The van der Waals surface area contributed by atoms with Gasteiger partial charge in [0.15, 0.2) is 5.82 Å². The summed E-state index contributed by atoms with van der Waals surface area (Å²) in [5.41, 5.74) is 2.35. The molecule has 2 N–H and O–H groups in total. The van der Waals surface area contributed by atoms with Crippen LogP contribution in [0, 0.1) is 11.6 Å². The number of nitrogens with zero attached hydrogens (tertiary/aromatic N) is 3. The van der Waals surface area contributed by atoms with E-state index in [0.29, 0.717) is 31.3 Å². The van der Waals surface area contributed by atoms with Crippen molar-refractivity contribution >= 4 is 28.5 Å². The zero-order valence-electron chi connectivity index (χ0n) is 18.8. The first-order chi connectivity index (χ1) is 17.0. The number of aromatic amines is 1. The number of piperazine rings is 1. The van der Waals surface area contributed by atoms with Crippen LogP contribution in [0.5, 0.6) is 0 Å². The molecule has 0 bridgehead atoms. The first-order valence-electron chi connectivity index (χ1n) is 11.3. The molecule has 1 saturated heterocycles. The first kappa shape index (κ1) is 22.5. The lowest BCUT2D eigenvalue weighted by molar-refractivity contribution is 0.0532. The lowest BCUT2D eigenvalue weighted by atomic mass is 10.1. The Bertz CT molecular complexity index is 1380. The van der Waals surface area contributed by atoms with E-state index in [-0.39, 0.29) is 24.6 Å². The number of hydrogen-bond acceptors (Lipinski definition) is 4. The fourth-order valence-electron chi connectivity index (χ4n) is 4.18. The average molecular weight is 475 g/mol. The lowest BCUT2D eigenvalue weighted by Gasteiger charge is -2.35. The molecule has 5 rings (SSSR count). The SMILES string of the molecule is O=C(c1ccc(CNc2n[nH]c3ccccc23)cc1)N1CCN(C(=O)c2ccc(F)cc2F)CC1. The van der Waals surface area contributed by atoms with Crippen molar-refractivity contribution in [2.75, 3.05) is 31.5 Å². The van der Waals surface area contributed by atoms with Gasteiger partial charge in [-0.3, -0.25) is 14.7 Å². The number of para-hydroxylation sites is 1. The number of rotatable bonds is 5. The molecule has 178 valence electrons. The molecule has 1 aliphatic rings. The van der Waals surface area contributed by atoms with Crippen molar-refractivity contribution < 1.29 is 18.4 Å². The molecule has 0 aliphatic carbocycles. The highest BCUT2D eigenvalue weighted by Crippen LogP contribution is 2.20. The van der Waals surface area contributed by atoms with E-state index in [9.17, 15) is 18.4 Å². The molecule has 9 heteroatoms. The summed E-state index contributed by atoms with van der Waals surface area (Å²) >= 11 is 0. The summed E-state index contributed by atoms with van der Waals surface area (Å²) in [6, 6.07) is 18.1. The second kappa shape index (κ2) is 9.54. The van der Waals surface area contributed by atoms with Gasteiger partial charge in [0.1, 0.15) is 11.6 Å². The van der Waals surface area contributed by atoms with Crippen LogP contribution in [0.4, 0.5) is 14.6 Å². The third-order valence-electron chi connectivity index (χ3n) is 6.15. The molecule has 0 saturated carbocycles. The fraction of sp³-hybridized carbons (Fsp3) is 0.192. The van der Waals surface area contributed by atoms with Gasteiger partial charge in [-0.15, -0.1) is 0 Å². The van der Waals surface area contributed by atoms with Crippen molar-refractivity contribution in [3.8, 4) is 0 Å². The van der Waals surface area contributed by atoms with E-state index < -0.39 is 17.5 Å². The number of halogens is 2. The molecule has 1 aromatic heterocycles. The zero-order chi connectivity index (χ0) is 24.4. The number of carbonyl (C=O) groups excluding carboxylic acids is 2. The van der Waals surface area contributed by atoms with Gasteiger partial charge in [-0.25, -0.2) is 8.78 Å². The van der Waals surface area contributed by atoms with Crippen LogP contribution >= 0.6 is 0 Å². The maximum atomic E-state index is 14.0. The number of carbonyl (C=O) groups is 2. The highest BCUT2D eigenvalue weighted by atomic mass is 19.1.